The van der Waals surface area contributed by atoms with Crippen molar-refractivity contribution in [2.45, 2.75) is 6.42 Å². The molecule has 11 nitrogen and oxygen atoms in total. The lowest BCUT2D eigenvalue weighted by Crippen LogP contribution is -2.45. The van der Waals surface area contributed by atoms with Gasteiger partial charge in [-0.1, -0.05) is 12.1 Å². The molecule has 1 aromatic carbocycles. The second-order valence-electron chi connectivity index (χ2n) is 9.39. The minimum atomic E-state index is -0.389. The van der Waals surface area contributed by atoms with Crippen molar-refractivity contribution in [3.63, 3.8) is 0 Å². The van der Waals surface area contributed by atoms with E-state index in [4.69, 9.17) is 14.4 Å². The highest BCUT2D eigenvalue weighted by molar-refractivity contribution is 8.18. The minimum absolute atomic E-state index is 0.344. The van der Waals surface area contributed by atoms with Crippen LogP contribution in [-0.4, -0.2) is 90.4 Å². The Balaban J connectivity index is 1.27. The van der Waals surface area contributed by atoms with Gasteiger partial charge in [0.2, 0.25) is 5.95 Å². The van der Waals surface area contributed by atoms with Crippen LogP contribution in [0.5, 0.6) is 0 Å². The number of fused-ring (bicyclic) bond motifs is 1. The van der Waals surface area contributed by atoms with Gasteiger partial charge in [0, 0.05) is 58.4 Å². The number of amides is 2. The number of carbonyl (C=O) groups excluding carboxylic acids is 2. The number of rotatable bonds is 4. The number of imide groups is 1. The summed E-state index contributed by atoms with van der Waals surface area (Å²) in [4.78, 5) is 47.5. The molecule has 2 amide bonds. The Bertz CT molecular complexity index is 1330. The summed E-state index contributed by atoms with van der Waals surface area (Å²) in [6.45, 7) is 6.65. The number of thioether (sulfide) groups is 1. The van der Waals surface area contributed by atoms with Crippen molar-refractivity contribution in [3.05, 3.63) is 40.9 Å². The minimum Gasteiger partial charge on any atom is -0.423 e. The third-order valence-electron chi connectivity index (χ3n) is 6.80. The van der Waals surface area contributed by atoms with Crippen LogP contribution in [0.1, 0.15) is 12.1 Å². The number of piperazine rings is 1. The second kappa shape index (κ2) is 10.0. The highest BCUT2D eigenvalue weighted by Crippen LogP contribution is 2.28. The molecule has 3 aromatic rings. The Morgan fingerprint density at radius 2 is 1.68 bits per heavy atom. The summed E-state index contributed by atoms with van der Waals surface area (Å²) < 4.78 is 6.00. The van der Waals surface area contributed by atoms with Gasteiger partial charge in [0.25, 0.3) is 17.2 Å². The van der Waals surface area contributed by atoms with E-state index in [1.54, 1.807) is 6.08 Å². The number of aromatic nitrogens is 3. The van der Waals surface area contributed by atoms with Crippen LogP contribution in [0.2, 0.25) is 0 Å². The van der Waals surface area contributed by atoms with E-state index in [0.717, 1.165) is 80.9 Å². The maximum Gasteiger partial charge on any atom is 0.298 e. The van der Waals surface area contributed by atoms with Gasteiger partial charge in [0.15, 0.2) is 5.58 Å². The van der Waals surface area contributed by atoms with E-state index in [2.05, 4.69) is 36.9 Å². The maximum atomic E-state index is 12.2. The Hall–Kier alpha value is -3.64. The van der Waals surface area contributed by atoms with Gasteiger partial charge in [0.05, 0.1) is 10.6 Å². The molecule has 0 unspecified atom stereocenters. The molecule has 3 aliphatic heterocycles. The van der Waals surface area contributed by atoms with Crippen LogP contribution in [0, 0.1) is 0 Å². The predicted octanol–water partition coefficient (Wildman–Crippen LogP) is 2.41. The van der Waals surface area contributed by atoms with Crippen molar-refractivity contribution in [1.29, 1.82) is 0 Å². The van der Waals surface area contributed by atoms with Gasteiger partial charge in [-0.25, -0.2) is 4.98 Å². The fourth-order valence-corrected chi connectivity index (χ4v) is 5.38. The third kappa shape index (κ3) is 5.12. The number of nitrogens with zero attached hydrogens (tertiary/aromatic N) is 7. The van der Waals surface area contributed by atoms with E-state index in [0.29, 0.717) is 29.1 Å². The Morgan fingerprint density at radius 1 is 0.919 bits per heavy atom. The fraction of sp³-hybridized carbons (Fsp3) is 0.400. The third-order valence-corrected chi connectivity index (χ3v) is 7.61. The molecule has 6 rings (SSSR count). The summed E-state index contributed by atoms with van der Waals surface area (Å²) >= 11 is 0.898. The van der Waals surface area contributed by atoms with Crippen LogP contribution in [0.25, 0.3) is 17.2 Å². The normalized spacial score (nSPS) is 20.7. The summed E-state index contributed by atoms with van der Waals surface area (Å²) in [5.41, 5.74) is 2.25. The van der Waals surface area contributed by atoms with E-state index in [1.807, 2.05) is 30.3 Å². The molecule has 3 saturated heterocycles. The number of anilines is 3. The first-order valence-electron chi connectivity index (χ1n) is 12.4. The van der Waals surface area contributed by atoms with Crippen LogP contribution >= 0.6 is 11.8 Å². The van der Waals surface area contributed by atoms with Gasteiger partial charge >= 0.3 is 0 Å². The molecule has 192 valence electrons. The summed E-state index contributed by atoms with van der Waals surface area (Å²) in [6, 6.07) is 10.3. The number of benzene rings is 1. The molecule has 3 fully saturated rings. The van der Waals surface area contributed by atoms with Gasteiger partial charge in [-0.3, -0.25) is 14.9 Å². The number of hydrogen-bond donors (Lipinski definition) is 1. The molecular formula is C25H28N8O3S. The van der Waals surface area contributed by atoms with E-state index in [1.165, 1.54) is 0 Å². The van der Waals surface area contributed by atoms with E-state index in [-0.39, 0.29) is 11.1 Å². The van der Waals surface area contributed by atoms with Gasteiger partial charge in [0.1, 0.15) is 11.3 Å². The largest absolute Gasteiger partial charge is 0.423 e. The molecule has 37 heavy (non-hydrogen) atoms. The average Bonchev–Trinajstić information content (AvgIpc) is 3.36. The van der Waals surface area contributed by atoms with E-state index < -0.39 is 0 Å². The first-order chi connectivity index (χ1) is 18.0. The number of likely N-dealkylation sites (N-methyl/N-ethyl adjacent to an activating group) is 1. The molecule has 1 N–H and O–H groups in total. The highest BCUT2D eigenvalue weighted by Gasteiger charge is 2.27. The van der Waals surface area contributed by atoms with Gasteiger partial charge in [-0.15, -0.1) is 0 Å². The Morgan fingerprint density at radius 3 is 2.46 bits per heavy atom. The van der Waals surface area contributed by atoms with E-state index in [9.17, 15) is 9.59 Å². The monoisotopic (exact) mass is 520 g/mol. The molecule has 0 saturated carbocycles. The Labute approximate surface area is 218 Å². The second-order valence-corrected chi connectivity index (χ2v) is 10.4. The summed E-state index contributed by atoms with van der Waals surface area (Å²) in [7, 11) is 2.12. The predicted molar refractivity (Wildman–Crippen MR) is 144 cm³/mol. The molecule has 0 aliphatic carbocycles. The molecular weight excluding hydrogens is 492 g/mol. The van der Waals surface area contributed by atoms with Crippen LogP contribution < -0.4 is 20.0 Å². The molecule has 2 aromatic heterocycles. The van der Waals surface area contributed by atoms with Gasteiger partial charge in [-0.05, 0) is 43.4 Å². The van der Waals surface area contributed by atoms with Crippen molar-refractivity contribution < 1.29 is 14.0 Å². The van der Waals surface area contributed by atoms with Gasteiger partial charge in [-0.2, -0.15) is 9.97 Å². The summed E-state index contributed by atoms with van der Waals surface area (Å²) in [5, 5.41) is 1.95. The lowest BCUT2D eigenvalue weighted by molar-refractivity contribution is -0.115. The van der Waals surface area contributed by atoms with Crippen LogP contribution in [0.4, 0.5) is 22.6 Å². The zero-order chi connectivity index (χ0) is 25.4. The number of nitrogens with one attached hydrogen (secondary N) is 1. The SMILES string of the molecule is CN1CCN(c2cc(C=C3SC(=O)NC3=O)nc(N3CCCN(c4nc5ccccc5o4)CC3)n2)CC1. The lowest BCUT2D eigenvalue weighted by atomic mass is 10.3. The molecule has 0 bridgehead atoms. The lowest BCUT2D eigenvalue weighted by Gasteiger charge is -2.33. The Kier molecular flexibility index (Phi) is 6.43. The van der Waals surface area contributed by atoms with Crippen molar-refractivity contribution >= 4 is 57.9 Å². The van der Waals surface area contributed by atoms with Gasteiger partial charge < -0.3 is 24.0 Å². The number of oxazole rings is 1. The fourth-order valence-electron chi connectivity index (χ4n) is 4.71. The summed E-state index contributed by atoms with van der Waals surface area (Å²) in [5.74, 6) is 1.07. The zero-order valence-electron chi connectivity index (χ0n) is 20.6. The molecule has 5 heterocycles. The van der Waals surface area contributed by atoms with Crippen LogP contribution in [0.15, 0.2) is 39.7 Å². The number of hydrogen-bond acceptors (Lipinski definition) is 11. The van der Waals surface area contributed by atoms with Crippen molar-refractivity contribution in [2.24, 2.45) is 0 Å². The first-order valence-corrected chi connectivity index (χ1v) is 13.3. The van der Waals surface area contributed by atoms with Crippen LogP contribution in [0.3, 0.4) is 0 Å². The average molecular weight is 521 g/mol. The topological polar surface area (TPSA) is 111 Å². The summed E-state index contributed by atoms with van der Waals surface area (Å²) in [6.07, 6.45) is 2.57. The van der Waals surface area contributed by atoms with E-state index >= 15 is 0 Å². The van der Waals surface area contributed by atoms with Crippen LogP contribution in [-0.2, 0) is 4.79 Å². The zero-order valence-corrected chi connectivity index (χ0v) is 21.4. The molecule has 0 atom stereocenters. The quantitative estimate of drug-likeness (QED) is 0.512. The molecule has 0 spiro atoms. The molecule has 12 heteroatoms. The molecule has 0 radical (unpaired) electrons. The molecule has 3 aliphatic rings. The maximum absolute atomic E-state index is 12.2. The smallest absolute Gasteiger partial charge is 0.298 e. The highest BCUT2D eigenvalue weighted by atomic mass is 32.2. The number of para-hydroxylation sites is 2. The first kappa shape index (κ1) is 23.7. The standard InChI is InChI=1S/C25H28N8O3S/c1-30-9-11-31(12-10-30)21-16-17(15-20-22(34)29-25(35)37-20)26-23(28-21)32-7-4-8-33(14-13-32)24-27-18-5-2-3-6-19(18)36-24/h2-3,5-6,15-16H,4,7-14H2,1H3,(H,29,34,35). The van der Waals surface area contributed by atoms with Crippen molar-refractivity contribution in [2.75, 3.05) is 74.1 Å². The van der Waals surface area contributed by atoms with Crippen molar-refractivity contribution in [3.8, 4) is 0 Å². The van der Waals surface area contributed by atoms with Crippen molar-refractivity contribution in [1.82, 2.24) is 25.2 Å². The number of carbonyl (C=O) groups is 2.